The fraction of sp³-hybridized carbons (Fsp3) is 0.607. The van der Waals surface area contributed by atoms with Crippen molar-refractivity contribution in [2.24, 2.45) is 5.92 Å². The van der Waals surface area contributed by atoms with Crippen LogP contribution in [0.2, 0.25) is 0 Å². The van der Waals surface area contributed by atoms with Crippen LogP contribution in [-0.4, -0.2) is 81.7 Å². The number of aromatic nitrogens is 3. The molecular formula is C28H42N6O4S. The number of ether oxygens (including phenoxy) is 1. The number of nitrogens with one attached hydrogen (secondary N) is 2. The number of rotatable bonds is 9. The van der Waals surface area contributed by atoms with Crippen LogP contribution in [0.1, 0.15) is 58.3 Å². The van der Waals surface area contributed by atoms with Crippen LogP contribution in [-0.2, 0) is 25.7 Å². The Morgan fingerprint density at radius 1 is 1.15 bits per heavy atom. The first-order chi connectivity index (χ1) is 18.8. The number of nitrogens with zero attached hydrogens (tertiary/aromatic N) is 4. The number of carbonyl (C=O) groups is 3. The van der Waals surface area contributed by atoms with Gasteiger partial charge in [-0.15, -0.1) is 0 Å². The first kappa shape index (κ1) is 30.6. The molecule has 11 heteroatoms. The number of amides is 3. The van der Waals surface area contributed by atoms with E-state index in [2.05, 4.69) is 10.6 Å². The van der Waals surface area contributed by atoms with Gasteiger partial charge in [0.15, 0.2) is 11.6 Å². The van der Waals surface area contributed by atoms with Gasteiger partial charge in [0.05, 0.1) is 25.6 Å². The third-order valence-electron chi connectivity index (χ3n) is 6.67. The first-order valence-electron chi connectivity index (χ1n) is 13.8. The summed E-state index contributed by atoms with van der Waals surface area (Å²) in [7, 11) is 0. The maximum absolute atomic E-state index is 13.4. The smallest absolute Gasteiger partial charge is 0.243 e. The lowest BCUT2D eigenvalue weighted by atomic mass is 10.0. The van der Waals surface area contributed by atoms with Gasteiger partial charge in [-0.2, -0.15) is 16.9 Å². The molecule has 39 heavy (non-hydrogen) atoms. The van der Waals surface area contributed by atoms with E-state index in [1.54, 1.807) is 16.7 Å². The fourth-order valence-electron chi connectivity index (χ4n) is 4.48. The van der Waals surface area contributed by atoms with Crippen molar-refractivity contribution in [2.75, 3.05) is 38.3 Å². The van der Waals surface area contributed by atoms with Crippen LogP contribution in [0.15, 0.2) is 30.3 Å². The summed E-state index contributed by atoms with van der Waals surface area (Å²) in [5.41, 5.74) is 0.874. The molecule has 1 aromatic carbocycles. The van der Waals surface area contributed by atoms with Gasteiger partial charge in [-0.3, -0.25) is 14.4 Å². The minimum Gasteiger partial charge on any atom is -0.381 e. The van der Waals surface area contributed by atoms with E-state index in [1.165, 1.54) is 0 Å². The van der Waals surface area contributed by atoms with Crippen molar-refractivity contribution in [2.45, 2.75) is 65.1 Å². The zero-order valence-corrected chi connectivity index (χ0v) is 24.3. The average molecular weight is 559 g/mol. The summed E-state index contributed by atoms with van der Waals surface area (Å²) >= 11 is 1.63. The number of hydrogen-bond acceptors (Lipinski definition) is 7. The van der Waals surface area contributed by atoms with Crippen molar-refractivity contribution >= 4 is 29.5 Å². The molecular weight excluding hydrogens is 516 g/mol. The molecule has 1 aliphatic heterocycles. The van der Waals surface area contributed by atoms with Gasteiger partial charge in [0.2, 0.25) is 17.7 Å². The molecule has 1 aliphatic rings. The van der Waals surface area contributed by atoms with Gasteiger partial charge in [-0.25, -0.2) is 9.67 Å². The van der Waals surface area contributed by atoms with E-state index < -0.39 is 12.1 Å². The van der Waals surface area contributed by atoms with Crippen LogP contribution in [0.4, 0.5) is 0 Å². The average Bonchev–Trinajstić information content (AvgIpc) is 3.35. The minimum atomic E-state index is -0.650. The van der Waals surface area contributed by atoms with Crippen molar-refractivity contribution < 1.29 is 19.1 Å². The van der Waals surface area contributed by atoms with Crippen molar-refractivity contribution in [3.05, 3.63) is 36.2 Å². The van der Waals surface area contributed by atoms with Crippen molar-refractivity contribution in [3.8, 4) is 11.4 Å². The third kappa shape index (κ3) is 9.06. The van der Waals surface area contributed by atoms with Crippen LogP contribution in [0.25, 0.3) is 11.4 Å². The normalized spacial score (nSPS) is 19.3. The van der Waals surface area contributed by atoms with Gasteiger partial charge < -0.3 is 20.3 Å². The Hall–Kier alpha value is -2.92. The molecule has 2 heterocycles. The Bertz CT molecular complexity index is 1080. The Balaban J connectivity index is 1.98. The molecule has 0 bridgehead atoms. The molecule has 0 radical (unpaired) electrons. The molecule has 3 amide bonds. The molecule has 0 aliphatic carbocycles. The molecule has 0 fully saturated rings. The standard InChI is InChI=1S/C28H42N6O4S/c1-5-38-18-13-24(36)33-15-9-12-23(35)29-22(14-19-39-4)28(37)30-25(20(2)3)27-31-26(32-34(27)17-16-33)21-10-7-6-8-11-21/h6-8,10-11,20,22,25H,5,9,12-19H2,1-4H3,(H,29,35)(H,30,37)/t22-,25+/m0/s1. The largest absolute Gasteiger partial charge is 0.381 e. The molecule has 2 N–H and O–H groups in total. The molecule has 2 aromatic rings. The van der Waals surface area contributed by atoms with Crippen LogP contribution in [0, 0.1) is 5.92 Å². The summed E-state index contributed by atoms with van der Waals surface area (Å²) in [5.74, 6) is 1.51. The zero-order valence-electron chi connectivity index (χ0n) is 23.5. The van der Waals surface area contributed by atoms with E-state index in [9.17, 15) is 14.4 Å². The maximum atomic E-state index is 13.4. The number of hydrogen-bond donors (Lipinski definition) is 2. The van der Waals surface area contributed by atoms with E-state index in [0.717, 1.165) is 11.3 Å². The summed E-state index contributed by atoms with van der Waals surface area (Å²) < 4.78 is 7.22. The van der Waals surface area contributed by atoms with Crippen molar-refractivity contribution in [3.63, 3.8) is 0 Å². The SMILES string of the molecule is CCOCCC(=O)N1CCCC(=O)N[C@@H](CCSC)C(=O)N[C@H](C(C)C)c2nc(-c3ccccc3)nn2CC1. The van der Waals surface area contributed by atoms with E-state index in [0.29, 0.717) is 57.3 Å². The molecule has 0 unspecified atom stereocenters. The number of benzene rings is 1. The quantitative estimate of drug-likeness (QED) is 0.454. The fourth-order valence-corrected chi connectivity index (χ4v) is 4.95. The van der Waals surface area contributed by atoms with Crippen LogP contribution >= 0.6 is 11.8 Å². The summed E-state index contributed by atoms with van der Waals surface area (Å²) in [5, 5.41) is 10.9. The summed E-state index contributed by atoms with van der Waals surface area (Å²) in [6.07, 6.45) is 3.51. The topological polar surface area (TPSA) is 118 Å². The lowest BCUT2D eigenvalue weighted by molar-refractivity contribution is -0.133. The van der Waals surface area contributed by atoms with Gasteiger partial charge in [-0.1, -0.05) is 44.2 Å². The van der Waals surface area contributed by atoms with Gasteiger partial charge in [0.1, 0.15) is 6.04 Å². The lowest BCUT2D eigenvalue weighted by Gasteiger charge is -2.28. The molecule has 0 spiro atoms. The van der Waals surface area contributed by atoms with E-state index >= 15 is 0 Å². The minimum absolute atomic E-state index is 0.00857. The molecule has 2 atom stereocenters. The van der Waals surface area contributed by atoms with Crippen LogP contribution < -0.4 is 10.6 Å². The molecule has 214 valence electrons. The van der Waals surface area contributed by atoms with Crippen LogP contribution in [0.5, 0.6) is 0 Å². The van der Waals surface area contributed by atoms with Crippen molar-refractivity contribution in [1.29, 1.82) is 0 Å². The number of fused-ring (bicyclic) bond motifs is 1. The monoisotopic (exact) mass is 558 g/mol. The highest BCUT2D eigenvalue weighted by molar-refractivity contribution is 7.98. The predicted molar refractivity (Wildman–Crippen MR) is 153 cm³/mol. The highest BCUT2D eigenvalue weighted by atomic mass is 32.2. The third-order valence-corrected chi connectivity index (χ3v) is 7.31. The summed E-state index contributed by atoms with van der Waals surface area (Å²) in [6.45, 7) is 8.11. The lowest BCUT2D eigenvalue weighted by Crippen LogP contribution is -2.49. The number of thioether (sulfide) groups is 1. The Kier molecular flexibility index (Phi) is 12.3. The molecule has 10 nitrogen and oxygen atoms in total. The molecule has 0 saturated carbocycles. The Morgan fingerprint density at radius 3 is 2.62 bits per heavy atom. The molecule has 0 saturated heterocycles. The van der Waals surface area contributed by atoms with E-state index in [-0.39, 0.29) is 36.5 Å². The van der Waals surface area contributed by atoms with Gasteiger partial charge in [0, 0.05) is 31.7 Å². The van der Waals surface area contributed by atoms with E-state index in [1.807, 2.05) is 62.0 Å². The second-order valence-corrected chi connectivity index (χ2v) is 10.9. The molecule has 1 aromatic heterocycles. The van der Waals surface area contributed by atoms with Gasteiger partial charge >= 0.3 is 0 Å². The Labute approximate surface area is 235 Å². The predicted octanol–water partition coefficient (Wildman–Crippen LogP) is 3.05. The van der Waals surface area contributed by atoms with E-state index in [4.69, 9.17) is 14.8 Å². The summed E-state index contributed by atoms with van der Waals surface area (Å²) in [6, 6.07) is 8.63. The first-order valence-corrected chi connectivity index (χ1v) is 15.2. The summed E-state index contributed by atoms with van der Waals surface area (Å²) in [4.78, 5) is 46.0. The van der Waals surface area contributed by atoms with Gasteiger partial charge in [0.25, 0.3) is 0 Å². The van der Waals surface area contributed by atoms with Crippen LogP contribution in [0.3, 0.4) is 0 Å². The molecule has 3 rings (SSSR count). The highest BCUT2D eigenvalue weighted by Gasteiger charge is 2.30. The highest BCUT2D eigenvalue weighted by Crippen LogP contribution is 2.24. The van der Waals surface area contributed by atoms with Gasteiger partial charge in [-0.05, 0) is 37.7 Å². The maximum Gasteiger partial charge on any atom is 0.243 e. The van der Waals surface area contributed by atoms with Crippen molar-refractivity contribution in [1.82, 2.24) is 30.3 Å². The Morgan fingerprint density at radius 2 is 1.92 bits per heavy atom. The second kappa shape index (κ2) is 15.6. The second-order valence-electron chi connectivity index (χ2n) is 9.95. The zero-order chi connectivity index (χ0) is 28.2. The number of carbonyl (C=O) groups excluding carboxylic acids is 3.